The molecule has 1 fully saturated rings. The van der Waals surface area contributed by atoms with Crippen molar-refractivity contribution in [1.82, 2.24) is 15.6 Å². The lowest BCUT2D eigenvalue weighted by atomic mass is 9.77. The van der Waals surface area contributed by atoms with E-state index < -0.39 is 6.04 Å². The third kappa shape index (κ3) is 5.31. The lowest BCUT2D eigenvalue weighted by Crippen LogP contribution is -2.47. The Labute approximate surface area is 165 Å². The minimum absolute atomic E-state index is 0.0302. The molecule has 1 heterocycles. The zero-order chi connectivity index (χ0) is 19.9. The zero-order valence-electron chi connectivity index (χ0n) is 16.2. The van der Waals surface area contributed by atoms with Crippen molar-refractivity contribution < 1.29 is 9.59 Å². The van der Waals surface area contributed by atoms with Crippen LogP contribution in [-0.2, 0) is 16.1 Å². The van der Waals surface area contributed by atoms with E-state index in [-0.39, 0.29) is 17.7 Å². The maximum Gasteiger partial charge on any atom is 0.242 e. The number of carbonyl (C=O) groups is 2. The van der Waals surface area contributed by atoms with Crippen LogP contribution in [0.5, 0.6) is 0 Å². The Bertz CT molecular complexity index is 792. The minimum Gasteiger partial charge on any atom is -0.384 e. The molecule has 0 aliphatic heterocycles. The van der Waals surface area contributed by atoms with Gasteiger partial charge in [0.2, 0.25) is 11.8 Å². The van der Waals surface area contributed by atoms with E-state index in [0.717, 1.165) is 31.2 Å². The molecule has 0 spiro atoms. The van der Waals surface area contributed by atoms with Crippen LogP contribution in [0.1, 0.15) is 49.7 Å². The molecule has 0 radical (unpaired) electrons. The third-order valence-corrected chi connectivity index (χ3v) is 5.38. The average Bonchev–Trinajstić information content (AvgIpc) is 2.73. The Morgan fingerprint density at radius 1 is 1.18 bits per heavy atom. The van der Waals surface area contributed by atoms with Crippen LogP contribution in [0.15, 0.2) is 48.7 Å². The summed E-state index contributed by atoms with van der Waals surface area (Å²) in [7, 11) is 0. The van der Waals surface area contributed by atoms with Crippen molar-refractivity contribution in [2.24, 2.45) is 5.92 Å². The second kappa shape index (κ2) is 9.35. The topological polar surface area (TPSA) is 97.1 Å². The highest BCUT2D eigenvalue weighted by atomic mass is 16.2. The van der Waals surface area contributed by atoms with Crippen LogP contribution in [0.4, 0.5) is 5.82 Å². The van der Waals surface area contributed by atoms with E-state index in [0.29, 0.717) is 18.3 Å². The van der Waals surface area contributed by atoms with Gasteiger partial charge in [0, 0.05) is 18.7 Å². The Balaban J connectivity index is 1.48. The summed E-state index contributed by atoms with van der Waals surface area (Å²) < 4.78 is 0. The summed E-state index contributed by atoms with van der Waals surface area (Å²) in [6.45, 7) is 2.07. The summed E-state index contributed by atoms with van der Waals surface area (Å²) in [5.41, 5.74) is 7.71. The van der Waals surface area contributed by atoms with E-state index in [9.17, 15) is 9.59 Å². The highest BCUT2D eigenvalue weighted by Crippen LogP contribution is 2.36. The van der Waals surface area contributed by atoms with Gasteiger partial charge in [-0.25, -0.2) is 4.98 Å². The zero-order valence-corrected chi connectivity index (χ0v) is 16.2. The molecule has 0 bridgehead atoms. The molecule has 0 saturated heterocycles. The smallest absolute Gasteiger partial charge is 0.242 e. The summed E-state index contributed by atoms with van der Waals surface area (Å²) in [6, 6.07) is 13.3. The molecule has 148 valence electrons. The first-order chi connectivity index (χ1) is 13.5. The van der Waals surface area contributed by atoms with Gasteiger partial charge in [0.25, 0.3) is 0 Å². The fraction of sp³-hybridized carbons (Fsp3) is 0.409. The number of amides is 2. The molecular weight excluding hydrogens is 352 g/mol. The molecule has 3 rings (SSSR count). The Morgan fingerprint density at radius 3 is 2.68 bits per heavy atom. The van der Waals surface area contributed by atoms with Gasteiger partial charge >= 0.3 is 0 Å². The van der Waals surface area contributed by atoms with Gasteiger partial charge in [-0.1, -0.05) is 42.8 Å². The maximum atomic E-state index is 12.7. The first-order valence-corrected chi connectivity index (χ1v) is 9.86. The second-order valence-corrected chi connectivity index (χ2v) is 7.51. The van der Waals surface area contributed by atoms with Gasteiger partial charge in [-0.3, -0.25) is 9.59 Å². The van der Waals surface area contributed by atoms with Crippen LogP contribution in [-0.4, -0.2) is 22.8 Å². The van der Waals surface area contributed by atoms with Gasteiger partial charge in [-0.15, -0.1) is 0 Å². The molecule has 1 aliphatic carbocycles. The quantitative estimate of drug-likeness (QED) is 0.718. The number of carbonyl (C=O) groups excluding carboxylic acids is 2. The predicted molar refractivity (Wildman–Crippen MR) is 109 cm³/mol. The highest BCUT2D eigenvalue weighted by Gasteiger charge is 2.29. The summed E-state index contributed by atoms with van der Waals surface area (Å²) in [5.74, 6) is 0.568. The molecule has 1 aromatic carbocycles. The van der Waals surface area contributed by atoms with Crippen molar-refractivity contribution in [2.75, 3.05) is 5.73 Å². The number of hydrogen-bond acceptors (Lipinski definition) is 4. The van der Waals surface area contributed by atoms with Crippen molar-refractivity contribution >= 4 is 17.6 Å². The molecule has 2 unspecified atom stereocenters. The molecule has 2 amide bonds. The van der Waals surface area contributed by atoms with Crippen LogP contribution >= 0.6 is 0 Å². The molecule has 28 heavy (non-hydrogen) atoms. The van der Waals surface area contributed by atoms with Gasteiger partial charge in [0.05, 0.1) is 0 Å². The van der Waals surface area contributed by atoms with Crippen LogP contribution in [0.3, 0.4) is 0 Å². The Kier molecular flexibility index (Phi) is 6.63. The first-order valence-electron chi connectivity index (χ1n) is 9.86. The van der Waals surface area contributed by atoms with E-state index in [2.05, 4.69) is 27.8 Å². The summed E-state index contributed by atoms with van der Waals surface area (Å²) in [4.78, 5) is 29.0. The molecule has 1 saturated carbocycles. The molecule has 6 heteroatoms. The number of benzene rings is 1. The molecule has 1 aliphatic rings. The Hall–Kier alpha value is -2.89. The van der Waals surface area contributed by atoms with Crippen LogP contribution in [0, 0.1) is 5.92 Å². The first kappa shape index (κ1) is 19.9. The van der Waals surface area contributed by atoms with E-state index in [4.69, 9.17) is 5.73 Å². The summed E-state index contributed by atoms with van der Waals surface area (Å²) >= 11 is 0. The third-order valence-electron chi connectivity index (χ3n) is 5.38. The number of nitrogens with zero attached hydrogens (tertiary/aromatic N) is 1. The van der Waals surface area contributed by atoms with Gasteiger partial charge in [-0.05, 0) is 49.3 Å². The fourth-order valence-corrected chi connectivity index (χ4v) is 3.74. The van der Waals surface area contributed by atoms with Crippen molar-refractivity contribution in [1.29, 1.82) is 0 Å². The van der Waals surface area contributed by atoms with Crippen molar-refractivity contribution in [2.45, 2.75) is 51.1 Å². The SMILES string of the molecule is C[C@H](NC(=O)C1CCCC(c2ccccc2)C1)C(=O)NCc1ccc(N)nc1. The average molecular weight is 380 g/mol. The highest BCUT2D eigenvalue weighted by molar-refractivity contribution is 5.88. The molecule has 6 nitrogen and oxygen atoms in total. The number of aromatic nitrogens is 1. The van der Waals surface area contributed by atoms with Crippen LogP contribution in [0.2, 0.25) is 0 Å². The summed E-state index contributed by atoms with van der Waals surface area (Å²) in [5, 5.41) is 5.71. The predicted octanol–water partition coefficient (Wildman–Crippen LogP) is 2.76. The molecule has 4 N–H and O–H groups in total. The van der Waals surface area contributed by atoms with Crippen LogP contribution in [0.25, 0.3) is 0 Å². The Morgan fingerprint density at radius 2 is 1.96 bits per heavy atom. The fourth-order valence-electron chi connectivity index (χ4n) is 3.74. The minimum atomic E-state index is -0.577. The summed E-state index contributed by atoms with van der Waals surface area (Å²) in [6.07, 6.45) is 5.48. The largest absolute Gasteiger partial charge is 0.384 e. The van der Waals surface area contributed by atoms with E-state index in [1.54, 1.807) is 19.2 Å². The van der Waals surface area contributed by atoms with E-state index in [1.807, 2.05) is 24.3 Å². The molecule has 1 aromatic heterocycles. The number of anilines is 1. The van der Waals surface area contributed by atoms with Gasteiger partial charge in [-0.2, -0.15) is 0 Å². The molecule has 3 atom stereocenters. The lowest BCUT2D eigenvalue weighted by Gasteiger charge is -2.29. The van der Waals surface area contributed by atoms with Crippen LogP contribution < -0.4 is 16.4 Å². The lowest BCUT2D eigenvalue weighted by molar-refractivity contribution is -0.131. The number of nitrogens with two attached hydrogens (primary N) is 1. The number of hydrogen-bond donors (Lipinski definition) is 3. The molecular formula is C22H28N4O2. The van der Waals surface area contributed by atoms with E-state index >= 15 is 0 Å². The second-order valence-electron chi connectivity index (χ2n) is 7.51. The number of rotatable bonds is 6. The van der Waals surface area contributed by atoms with E-state index in [1.165, 1.54) is 5.56 Å². The van der Waals surface area contributed by atoms with Crippen molar-refractivity contribution in [3.63, 3.8) is 0 Å². The normalized spacial score (nSPS) is 20.2. The van der Waals surface area contributed by atoms with Gasteiger partial charge in [0.1, 0.15) is 11.9 Å². The van der Waals surface area contributed by atoms with Crippen molar-refractivity contribution in [3.05, 3.63) is 59.8 Å². The maximum absolute atomic E-state index is 12.7. The standard InChI is InChI=1S/C22H28N4O2/c1-15(21(27)25-14-16-10-11-20(23)24-13-16)26-22(28)19-9-5-8-18(12-19)17-6-3-2-4-7-17/h2-4,6-7,10-11,13,15,18-19H,5,8-9,12,14H2,1H3,(H2,23,24)(H,25,27)(H,26,28)/t15-,18?,19?/m0/s1. The number of nitrogens with one attached hydrogen (secondary N) is 2. The monoisotopic (exact) mass is 380 g/mol. The van der Waals surface area contributed by atoms with Gasteiger partial charge in [0.15, 0.2) is 0 Å². The van der Waals surface area contributed by atoms with Gasteiger partial charge < -0.3 is 16.4 Å². The number of nitrogen functional groups attached to an aromatic ring is 1. The number of pyridine rings is 1. The van der Waals surface area contributed by atoms with Crippen molar-refractivity contribution in [3.8, 4) is 0 Å². The molecule has 2 aromatic rings.